The van der Waals surface area contributed by atoms with E-state index in [1.807, 2.05) is 37.3 Å². The molecule has 0 unspecified atom stereocenters. The highest BCUT2D eigenvalue weighted by atomic mass is 32.2. The van der Waals surface area contributed by atoms with E-state index in [0.717, 1.165) is 22.2 Å². The summed E-state index contributed by atoms with van der Waals surface area (Å²) in [6, 6.07) is 15.2. The Morgan fingerprint density at radius 1 is 1.19 bits per heavy atom. The first kappa shape index (κ1) is 21.2. The number of fused-ring (bicyclic) bond motifs is 1. The standard InChI is InChI=1S/C22H23N3O5S/c1-14-10-15(18-4-2-3-5-20(18)24-14)13-30-16-6-8-17(9-7-16)31(28,29)25-21-12-23-11-19(21)22(26)27/h2-10,19,21,23,25H,11-13H2,1H3,(H,26,27)/t19-,21+/m1/s1. The highest BCUT2D eigenvalue weighted by Gasteiger charge is 2.35. The van der Waals surface area contributed by atoms with Gasteiger partial charge in [-0.2, -0.15) is 0 Å². The first-order chi connectivity index (χ1) is 14.8. The molecule has 1 fully saturated rings. The fourth-order valence-corrected chi connectivity index (χ4v) is 5.00. The molecule has 0 spiro atoms. The molecule has 1 saturated heterocycles. The molecule has 2 heterocycles. The number of benzene rings is 2. The lowest BCUT2D eigenvalue weighted by atomic mass is 10.1. The van der Waals surface area contributed by atoms with Crippen LogP contribution in [0.2, 0.25) is 0 Å². The van der Waals surface area contributed by atoms with Crippen molar-refractivity contribution < 1.29 is 23.1 Å². The number of para-hydroxylation sites is 1. The Labute approximate surface area is 180 Å². The lowest BCUT2D eigenvalue weighted by Crippen LogP contribution is -2.42. The Morgan fingerprint density at radius 2 is 1.94 bits per heavy atom. The maximum Gasteiger partial charge on any atom is 0.309 e. The van der Waals surface area contributed by atoms with Crippen LogP contribution in [0.1, 0.15) is 11.3 Å². The van der Waals surface area contributed by atoms with E-state index >= 15 is 0 Å². The second-order valence-electron chi connectivity index (χ2n) is 7.53. The minimum Gasteiger partial charge on any atom is -0.489 e. The lowest BCUT2D eigenvalue weighted by molar-refractivity contribution is -0.141. The number of carboxylic acid groups (broad SMARTS) is 1. The molecule has 3 aromatic rings. The summed E-state index contributed by atoms with van der Waals surface area (Å²) in [6.07, 6.45) is 0. The minimum absolute atomic E-state index is 0.0566. The Morgan fingerprint density at radius 3 is 2.68 bits per heavy atom. The van der Waals surface area contributed by atoms with Crippen LogP contribution in [-0.2, 0) is 21.4 Å². The summed E-state index contributed by atoms with van der Waals surface area (Å²) in [5.74, 6) is -1.29. The minimum atomic E-state index is -3.85. The zero-order chi connectivity index (χ0) is 22.0. The predicted molar refractivity (Wildman–Crippen MR) is 115 cm³/mol. The molecule has 31 heavy (non-hydrogen) atoms. The highest BCUT2D eigenvalue weighted by Crippen LogP contribution is 2.22. The third-order valence-corrected chi connectivity index (χ3v) is 6.80. The average molecular weight is 442 g/mol. The van der Waals surface area contributed by atoms with Gasteiger partial charge in [0.1, 0.15) is 12.4 Å². The fourth-order valence-electron chi connectivity index (χ4n) is 3.72. The molecule has 1 aliphatic rings. The number of aliphatic carboxylic acids is 1. The van der Waals surface area contributed by atoms with E-state index in [9.17, 15) is 18.3 Å². The van der Waals surface area contributed by atoms with Gasteiger partial charge in [-0.05, 0) is 43.3 Å². The predicted octanol–water partition coefficient (Wildman–Crippen LogP) is 2.07. The van der Waals surface area contributed by atoms with Crippen molar-refractivity contribution in [1.29, 1.82) is 0 Å². The number of sulfonamides is 1. The summed E-state index contributed by atoms with van der Waals surface area (Å²) in [6.45, 7) is 2.76. The fraction of sp³-hybridized carbons (Fsp3) is 0.273. The SMILES string of the molecule is Cc1cc(COc2ccc(S(=O)(=O)N[C@H]3CNC[C@H]3C(=O)O)cc2)c2ccccc2n1. The molecule has 8 nitrogen and oxygen atoms in total. The maximum atomic E-state index is 12.7. The highest BCUT2D eigenvalue weighted by molar-refractivity contribution is 7.89. The Hall–Kier alpha value is -3.01. The Bertz CT molecular complexity index is 1210. The molecule has 2 atom stereocenters. The normalized spacial score (nSPS) is 18.9. The van der Waals surface area contributed by atoms with Crippen molar-refractivity contribution >= 4 is 26.9 Å². The van der Waals surface area contributed by atoms with Crippen molar-refractivity contribution in [1.82, 2.24) is 15.0 Å². The molecule has 1 aliphatic heterocycles. The molecular weight excluding hydrogens is 418 g/mol. The summed E-state index contributed by atoms with van der Waals surface area (Å²) in [7, 11) is -3.85. The van der Waals surface area contributed by atoms with Crippen LogP contribution in [0.15, 0.2) is 59.5 Å². The summed E-state index contributed by atoms with van der Waals surface area (Å²) in [4.78, 5) is 15.8. The summed E-state index contributed by atoms with van der Waals surface area (Å²) >= 11 is 0. The quantitative estimate of drug-likeness (QED) is 0.514. The second-order valence-corrected chi connectivity index (χ2v) is 9.24. The number of nitrogens with one attached hydrogen (secondary N) is 2. The third kappa shape index (κ3) is 4.68. The zero-order valence-corrected chi connectivity index (χ0v) is 17.7. The molecule has 0 amide bonds. The van der Waals surface area contributed by atoms with Crippen LogP contribution < -0.4 is 14.8 Å². The third-order valence-electron chi connectivity index (χ3n) is 5.30. The van der Waals surface area contributed by atoms with Crippen molar-refractivity contribution in [2.24, 2.45) is 5.92 Å². The molecule has 0 saturated carbocycles. The second kappa shape index (κ2) is 8.62. The number of nitrogens with zero attached hydrogens (tertiary/aromatic N) is 1. The number of pyridine rings is 1. The zero-order valence-electron chi connectivity index (χ0n) is 16.9. The number of hydrogen-bond acceptors (Lipinski definition) is 6. The van der Waals surface area contributed by atoms with Gasteiger partial charge in [0.05, 0.1) is 16.3 Å². The van der Waals surface area contributed by atoms with Gasteiger partial charge in [0.15, 0.2) is 0 Å². The van der Waals surface area contributed by atoms with Crippen LogP contribution in [0.5, 0.6) is 5.75 Å². The number of ether oxygens (including phenoxy) is 1. The molecule has 9 heteroatoms. The average Bonchev–Trinajstić information content (AvgIpc) is 3.20. The van der Waals surface area contributed by atoms with Gasteiger partial charge in [0.25, 0.3) is 0 Å². The molecule has 0 bridgehead atoms. The molecule has 2 aromatic carbocycles. The number of hydrogen-bond donors (Lipinski definition) is 3. The molecule has 0 radical (unpaired) electrons. The van der Waals surface area contributed by atoms with Crippen molar-refractivity contribution in [3.05, 3.63) is 65.9 Å². The number of rotatable bonds is 7. The monoisotopic (exact) mass is 441 g/mol. The van der Waals surface area contributed by atoms with Gasteiger partial charge >= 0.3 is 5.97 Å². The van der Waals surface area contributed by atoms with E-state index in [1.165, 1.54) is 12.1 Å². The summed E-state index contributed by atoms with van der Waals surface area (Å²) in [5, 5.41) is 13.1. The Kier molecular flexibility index (Phi) is 5.90. The molecule has 4 rings (SSSR count). The van der Waals surface area contributed by atoms with Crippen LogP contribution in [0, 0.1) is 12.8 Å². The van der Waals surface area contributed by atoms with E-state index in [4.69, 9.17) is 4.74 Å². The van der Waals surface area contributed by atoms with E-state index < -0.39 is 28.0 Å². The topological polar surface area (TPSA) is 118 Å². The number of aryl methyl sites for hydroxylation is 1. The molecule has 3 N–H and O–H groups in total. The van der Waals surface area contributed by atoms with Crippen molar-refractivity contribution in [2.45, 2.75) is 24.5 Å². The van der Waals surface area contributed by atoms with Gasteiger partial charge < -0.3 is 15.2 Å². The van der Waals surface area contributed by atoms with Crippen LogP contribution in [0.3, 0.4) is 0 Å². The van der Waals surface area contributed by atoms with E-state index in [2.05, 4.69) is 15.0 Å². The van der Waals surface area contributed by atoms with Crippen LogP contribution in [0.25, 0.3) is 10.9 Å². The van der Waals surface area contributed by atoms with Gasteiger partial charge in [-0.15, -0.1) is 0 Å². The number of carbonyl (C=O) groups is 1. The first-order valence-corrected chi connectivity index (χ1v) is 11.4. The smallest absolute Gasteiger partial charge is 0.309 e. The van der Waals surface area contributed by atoms with E-state index in [-0.39, 0.29) is 18.0 Å². The van der Waals surface area contributed by atoms with Gasteiger partial charge in [-0.3, -0.25) is 9.78 Å². The Balaban J connectivity index is 1.46. The number of aromatic nitrogens is 1. The molecule has 0 aliphatic carbocycles. The summed E-state index contributed by atoms with van der Waals surface area (Å²) < 4.78 is 33.7. The lowest BCUT2D eigenvalue weighted by Gasteiger charge is -2.17. The molecule has 1 aromatic heterocycles. The van der Waals surface area contributed by atoms with Crippen molar-refractivity contribution in [3.63, 3.8) is 0 Å². The van der Waals surface area contributed by atoms with Gasteiger partial charge in [0, 0.05) is 35.8 Å². The van der Waals surface area contributed by atoms with Gasteiger partial charge in [0.2, 0.25) is 10.0 Å². The van der Waals surface area contributed by atoms with Gasteiger partial charge in [-0.1, -0.05) is 18.2 Å². The van der Waals surface area contributed by atoms with Crippen molar-refractivity contribution in [3.8, 4) is 5.75 Å². The van der Waals surface area contributed by atoms with E-state index in [0.29, 0.717) is 12.4 Å². The van der Waals surface area contributed by atoms with Gasteiger partial charge in [-0.25, -0.2) is 13.1 Å². The van der Waals surface area contributed by atoms with Crippen LogP contribution >= 0.6 is 0 Å². The molecular formula is C22H23N3O5S. The van der Waals surface area contributed by atoms with Crippen LogP contribution in [-0.4, -0.2) is 43.6 Å². The maximum absolute atomic E-state index is 12.7. The first-order valence-electron chi connectivity index (χ1n) is 9.87. The van der Waals surface area contributed by atoms with E-state index in [1.54, 1.807) is 12.1 Å². The largest absolute Gasteiger partial charge is 0.489 e. The summed E-state index contributed by atoms with van der Waals surface area (Å²) in [5.41, 5.74) is 2.79. The molecule has 162 valence electrons. The van der Waals surface area contributed by atoms with Crippen molar-refractivity contribution in [2.75, 3.05) is 13.1 Å². The number of carboxylic acids is 1. The van der Waals surface area contributed by atoms with Crippen LogP contribution in [0.4, 0.5) is 0 Å².